The summed E-state index contributed by atoms with van der Waals surface area (Å²) in [7, 11) is 2.08. The molecule has 0 bridgehead atoms. The number of amidine groups is 1. The van der Waals surface area contributed by atoms with E-state index in [1.165, 1.54) is 19.0 Å². The zero-order valence-electron chi connectivity index (χ0n) is 27.3. The average Bonchev–Trinajstić information content (AvgIpc) is 4.01. The van der Waals surface area contributed by atoms with Crippen molar-refractivity contribution >= 4 is 29.3 Å². The van der Waals surface area contributed by atoms with Crippen molar-refractivity contribution in [3.05, 3.63) is 78.1 Å². The summed E-state index contributed by atoms with van der Waals surface area (Å²) in [6, 6.07) is 12.3. The van der Waals surface area contributed by atoms with Crippen LogP contribution in [-0.4, -0.2) is 82.3 Å². The third kappa shape index (κ3) is 9.29. The molecular formula is C35H44N8O4. The third-order valence-corrected chi connectivity index (χ3v) is 7.96. The van der Waals surface area contributed by atoms with E-state index >= 15 is 0 Å². The lowest BCUT2D eigenvalue weighted by molar-refractivity contribution is -0.125. The number of nitrogens with zero attached hydrogens (tertiary/aromatic N) is 5. The van der Waals surface area contributed by atoms with Crippen LogP contribution in [0.15, 0.2) is 72.0 Å². The second kappa shape index (κ2) is 15.5. The molecule has 0 radical (unpaired) electrons. The first-order valence-corrected chi connectivity index (χ1v) is 16.3. The summed E-state index contributed by atoms with van der Waals surface area (Å²) < 4.78 is 11.9. The Bertz CT molecular complexity index is 1600. The first-order chi connectivity index (χ1) is 22.8. The van der Waals surface area contributed by atoms with E-state index < -0.39 is 0 Å². The highest BCUT2D eigenvalue weighted by Gasteiger charge is 2.27. The highest BCUT2D eigenvalue weighted by Crippen LogP contribution is 2.30. The summed E-state index contributed by atoms with van der Waals surface area (Å²) in [6.07, 6.45) is 12.2. The lowest BCUT2D eigenvalue weighted by Crippen LogP contribution is -2.29. The first-order valence-electron chi connectivity index (χ1n) is 16.3. The lowest BCUT2D eigenvalue weighted by atomic mass is 10.2. The van der Waals surface area contributed by atoms with Gasteiger partial charge >= 0.3 is 0 Å². The Morgan fingerprint density at radius 3 is 2.51 bits per heavy atom. The molecule has 0 spiro atoms. The van der Waals surface area contributed by atoms with Gasteiger partial charge in [0.1, 0.15) is 40.3 Å². The second-order valence-corrected chi connectivity index (χ2v) is 11.7. The Hall–Kier alpha value is -4.97. The van der Waals surface area contributed by atoms with Crippen molar-refractivity contribution < 1.29 is 19.1 Å². The van der Waals surface area contributed by atoms with Crippen molar-refractivity contribution in [3.63, 3.8) is 0 Å². The standard InChI is InChI=1S/C33H38N8O4.C2H6/c1-40(23-6-7-23)17-2-3-29(42)41-18-14-22(20-41)38-32(35)30-27(13-16-37-31(30)34)45-25-8-4-21(5-9-25)33(43)39-28-19-26(12-15-36-28)44-24-10-11-24;1-2/h2-5,8-9,12-13,15-16,19,22-24H,6-7,10-11,14,17-18,20H2,1H3,(H2,34,37)(H2,35,38)(H,36,39,43);1-2H3/b3-2+;. The topological polar surface area (TPSA) is 161 Å². The molecular weight excluding hydrogens is 596 g/mol. The first kappa shape index (κ1) is 33.4. The molecule has 248 valence electrons. The number of aromatic nitrogens is 2. The van der Waals surface area contributed by atoms with E-state index in [1.807, 2.05) is 19.9 Å². The van der Waals surface area contributed by atoms with Crippen LogP contribution in [0.1, 0.15) is 61.9 Å². The number of amides is 2. The van der Waals surface area contributed by atoms with E-state index in [4.69, 9.17) is 20.9 Å². The van der Waals surface area contributed by atoms with Gasteiger partial charge in [0.2, 0.25) is 5.91 Å². The van der Waals surface area contributed by atoms with Crippen LogP contribution in [0.2, 0.25) is 0 Å². The molecule has 1 aromatic carbocycles. The van der Waals surface area contributed by atoms with Crippen molar-refractivity contribution in [2.45, 2.75) is 64.1 Å². The van der Waals surface area contributed by atoms with Crippen LogP contribution in [0.3, 0.4) is 0 Å². The molecule has 2 saturated carbocycles. The maximum Gasteiger partial charge on any atom is 0.256 e. The summed E-state index contributed by atoms with van der Waals surface area (Å²) in [4.78, 5) is 42.6. The summed E-state index contributed by atoms with van der Waals surface area (Å²) in [5, 5.41) is 2.80. The van der Waals surface area contributed by atoms with Gasteiger partial charge < -0.3 is 31.2 Å². The average molecular weight is 641 g/mol. The number of nitrogens with two attached hydrogens (primary N) is 2. The fraction of sp³-hybridized carbons (Fsp3) is 0.400. The lowest BCUT2D eigenvalue weighted by Gasteiger charge is -2.15. The van der Waals surface area contributed by atoms with Gasteiger partial charge in [0, 0.05) is 61.8 Å². The molecule has 3 aliphatic rings. The Kier molecular flexibility index (Phi) is 11.0. The number of ether oxygens (including phenoxy) is 2. The maximum absolute atomic E-state index is 12.8. The van der Waals surface area contributed by atoms with Crippen LogP contribution in [0, 0.1) is 0 Å². The molecule has 2 aromatic heterocycles. The quantitative estimate of drug-likeness (QED) is 0.146. The number of likely N-dealkylation sites (N-methyl/N-ethyl adjacent to an activating group) is 1. The molecule has 3 fully saturated rings. The summed E-state index contributed by atoms with van der Waals surface area (Å²) in [5.41, 5.74) is 13.5. The van der Waals surface area contributed by atoms with Gasteiger partial charge in [0.15, 0.2) is 0 Å². The van der Waals surface area contributed by atoms with Crippen molar-refractivity contribution in [2.24, 2.45) is 10.7 Å². The highest BCUT2D eigenvalue weighted by atomic mass is 16.5. The van der Waals surface area contributed by atoms with E-state index in [9.17, 15) is 9.59 Å². The van der Waals surface area contributed by atoms with Crippen LogP contribution in [0.5, 0.6) is 17.2 Å². The number of benzene rings is 1. The summed E-state index contributed by atoms with van der Waals surface area (Å²) >= 11 is 0. The molecule has 12 heteroatoms. The molecule has 47 heavy (non-hydrogen) atoms. The summed E-state index contributed by atoms with van der Waals surface area (Å²) in [6.45, 7) is 5.83. The molecule has 1 aliphatic heterocycles. The fourth-order valence-corrected chi connectivity index (χ4v) is 5.12. The Morgan fingerprint density at radius 2 is 1.79 bits per heavy atom. The number of nitrogen functional groups attached to an aromatic ring is 1. The molecule has 1 atom stereocenters. The van der Waals surface area contributed by atoms with Gasteiger partial charge in [-0.3, -0.25) is 19.5 Å². The number of hydrogen-bond acceptors (Lipinski definition) is 9. The number of aliphatic imine (C=N–C) groups is 1. The normalized spacial score (nSPS) is 17.7. The van der Waals surface area contributed by atoms with E-state index in [-0.39, 0.29) is 35.6 Å². The zero-order chi connectivity index (χ0) is 33.3. The maximum atomic E-state index is 12.8. The van der Waals surface area contributed by atoms with E-state index in [2.05, 4.69) is 32.2 Å². The molecule has 1 unspecified atom stereocenters. The number of anilines is 2. The summed E-state index contributed by atoms with van der Waals surface area (Å²) in [5.74, 6) is 1.98. The molecule has 2 aliphatic carbocycles. The predicted molar refractivity (Wildman–Crippen MR) is 183 cm³/mol. The van der Waals surface area contributed by atoms with Gasteiger partial charge in [0.05, 0.1) is 12.1 Å². The number of nitrogens with one attached hydrogen (secondary N) is 1. The van der Waals surface area contributed by atoms with Gasteiger partial charge in [-0.05, 0) is 69.5 Å². The number of rotatable bonds is 12. The molecule has 3 heterocycles. The molecule has 5 N–H and O–H groups in total. The smallest absolute Gasteiger partial charge is 0.256 e. The molecule has 2 amide bonds. The van der Waals surface area contributed by atoms with E-state index in [0.29, 0.717) is 59.7 Å². The highest BCUT2D eigenvalue weighted by molar-refractivity contribution is 6.04. The van der Waals surface area contributed by atoms with Crippen LogP contribution in [0.4, 0.5) is 11.6 Å². The van der Waals surface area contributed by atoms with Crippen LogP contribution in [0.25, 0.3) is 0 Å². The number of carbonyl (C=O) groups excluding carboxylic acids is 2. The van der Waals surface area contributed by atoms with Crippen molar-refractivity contribution in [2.75, 3.05) is 37.7 Å². The van der Waals surface area contributed by atoms with E-state index in [0.717, 1.165) is 19.4 Å². The van der Waals surface area contributed by atoms with Crippen LogP contribution >= 0.6 is 0 Å². The van der Waals surface area contributed by atoms with E-state index in [1.54, 1.807) is 59.6 Å². The third-order valence-electron chi connectivity index (χ3n) is 7.96. The van der Waals surface area contributed by atoms with Crippen LogP contribution in [-0.2, 0) is 4.79 Å². The molecule has 12 nitrogen and oxygen atoms in total. The SMILES string of the molecule is CC.CN(C/C=C/C(=O)N1CCC(N=C(N)c2c(Oc3ccc(C(=O)Nc4cc(OC5CC5)ccn4)cc3)ccnc2N)C1)C1CC1. The Morgan fingerprint density at radius 1 is 1.04 bits per heavy atom. The van der Waals surface area contributed by atoms with Crippen molar-refractivity contribution in [1.82, 2.24) is 19.8 Å². The molecule has 1 saturated heterocycles. The van der Waals surface area contributed by atoms with Crippen LogP contribution < -0.4 is 26.3 Å². The number of hydrogen-bond donors (Lipinski definition) is 3. The number of likely N-dealkylation sites (tertiary alicyclic amines) is 1. The minimum Gasteiger partial charge on any atom is -0.490 e. The molecule has 3 aromatic rings. The Labute approximate surface area is 275 Å². The van der Waals surface area contributed by atoms with Gasteiger partial charge in [-0.15, -0.1) is 0 Å². The largest absolute Gasteiger partial charge is 0.490 e. The monoisotopic (exact) mass is 640 g/mol. The van der Waals surface area contributed by atoms with Gasteiger partial charge in [0.25, 0.3) is 5.91 Å². The predicted octanol–water partition coefficient (Wildman–Crippen LogP) is 4.63. The number of carbonyl (C=O) groups is 2. The minimum absolute atomic E-state index is 0.0233. The molecule has 6 rings (SSSR count). The fourth-order valence-electron chi connectivity index (χ4n) is 5.12. The number of pyridine rings is 2. The second-order valence-electron chi connectivity index (χ2n) is 11.7. The zero-order valence-corrected chi connectivity index (χ0v) is 27.3. The van der Waals surface area contributed by atoms with Crippen molar-refractivity contribution in [1.29, 1.82) is 0 Å². The Balaban J connectivity index is 0.00000213. The van der Waals surface area contributed by atoms with Gasteiger partial charge in [-0.25, -0.2) is 9.97 Å². The van der Waals surface area contributed by atoms with Gasteiger partial charge in [-0.2, -0.15) is 0 Å². The van der Waals surface area contributed by atoms with Crippen molar-refractivity contribution in [3.8, 4) is 17.2 Å². The van der Waals surface area contributed by atoms with Gasteiger partial charge in [-0.1, -0.05) is 19.9 Å². The minimum atomic E-state index is -0.312.